The number of ether oxygens (including phenoxy) is 2. The number of nitrogens with zero attached hydrogens (tertiary/aromatic N) is 2. The number of halogens is 2. The molecule has 0 aliphatic rings. The molecule has 0 saturated carbocycles. The van der Waals surface area contributed by atoms with Gasteiger partial charge in [-0.3, -0.25) is 0 Å². The van der Waals surface area contributed by atoms with Crippen molar-refractivity contribution in [2.45, 2.75) is 13.2 Å². The van der Waals surface area contributed by atoms with Gasteiger partial charge in [-0.1, -0.05) is 29.8 Å². The van der Waals surface area contributed by atoms with Crippen LogP contribution in [0, 0.1) is 5.82 Å². The molecular weight excluding hydrogens is 271 g/mol. The summed E-state index contributed by atoms with van der Waals surface area (Å²) in [6, 6.07) is 7.86. The fourth-order valence-corrected chi connectivity index (χ4v) is 1.67. The van der Waals surface area contributed by atoms with Crippen LogP contribution in [0.5, 0.6) is 5.88 Å². The molecule has 0 fully saturated rings. The molecule has 0 amide bonds. The number of methoxy groups -OCH3 is 1. The lowest BCUT2D eigenvalue weighted by Crippen LogP contribution is -2.03. The van der Waals surface area contributed by atoms with Crippen LogP contribution in [0.3, 0.4) is 0 Å². The fraction of sp³-hybridized carbons (Fsp3) is 0.231. The van der Waals surface area contributed by atoms with Crippen molar-refractivity contribution >= 4 is 11.6 Å². The van der Waals surface area contributed by atoms with Gasteiger partial charge in [0.15, 0.2) is 5.82 Å². The second-order valence-electron chi connectivity index (χ2n) is 3.76. The van der Waals surface area contributed by atoms with Crippen molar-refractivity contribution in [2.75, 3.05) is 7.11 Å². The van der Waals surface area contributed by atoms with Crippen molar-refractivity contribution in [1.29, 1.82) is 0 Å². The summed E-state index contributed by atoms with van der Waals surface area (Å²) in [5, 5.41) is 0.255. The predicted octanol–water partition coefficient (Wildman–Crippen LogP) is 2.99. The molecule has 0 aliphatic heterocycles. The van der Waals surface area contributed by atoms with Crippen LogP contribution in [0.2, 0.25) is 5.15 Å². The Morgan fingerprint density at radius 3 is 2.74 bits per heavy atom. The first kappa shape index (κ1) is 13.7. The molecule has 4 nitrogen and oxygen atoms in total. The van der Waals surface area contributed by atoms with E-state index in [2.05, 4.69) is 9.97 Å². The Hall–Kier alpha value is -1.72. The van der Waals surface area contributed by atoms with E-state index in [1.165, 1.54) is 19.2 Å². The van der Waals surface area contributed by atoms with E-state index in [0.717, 1.165) is 0 Å². The largest absolute Gasteiger partial charge is 0.473 e. The second-order valence-corrected chi connectivity index (χ2v) is 4.15. The van der Waals surface area contributed by atoms with Crippen molar-refractivity contribution in [3.05, 3.63) is 52.7 Å². The molecule has 2 rings (SSSR count). The van der Waals surface area contributed by atoms with Gasteiger partial charge < -0.3 is 9.47 Å². The first-order valence-electron chi connectivity index (χ1n) is 5.57. The smallest absolute Gasteiger partial charge is 0.218 e. The van der Waals surface area contributed by atoms with Crippen molar-refractivity contribution in [3.63, 3.8) is 0 Å². The van der Waals surface area contributed by atoms with Crippen molar-refractivity contribution in [2.24, 2.45) is 0 Å². The third kappa shape index (κ3) is 3.87. The van der Waals surface area contributed by atoms with Crippen molar-refractivity contribution < 1.29 is 13.9 Å². The van der Waals surface area contributed by atoms with Gasteiger partial charge in [0, 0.05) is 18.7 Å². The molecule has 1 aromatic carbocycles. The summed E-state index contributed by atoms with van der Waals surface area (Å²) in [5.74, 6) is 0.383. The molecule has 100 valence electrons. The molecule has 0 aliphatic carbocycles. The van der Waals surface area contributed by atoms with Gasteiger partial charge in [-0.05, 0) is 6.07 Å². The van der Waals surface area contributed by atoms with Crippen LogP contribution >= 0.6 is 11.6 Å². The summed E-state index contributed by atoms with van der Waals surface area (Å²) in [4.78, 5) is 8.07. The predicted molar refractivity (Wildman–Crippen MR) is 68.5 cm³/mol. The maximum absolute atomic E-state index is 13.4. The van der Waals surface area contributed by atoms with E-state index in [-0.39, 0.29) is 30.1 Å². The molecule has 1 heterocycles. The third-order valence-electron chi connectivity index (χ3n) is 2.32. The molecule has 0 unspecified atom stereocenters. The lowest BCUT2D eigenvalue weighted by atomic mass is 10.2. The summed E-state index contributed by atoms with van der Waals surface area (Å²) in [5.41, 5.74) is 0.450. The molecular formula is C13H12ClFN2O2. The number of hydrogen-bond donors (Lipinski definition) is 0. The molecule has 0 atom stereocenters. The lowest BCUT2D eigenvalue weighted by Gasteiger charge is -2.07. The van der Waals surface area contributed by atoms with E-state index < -0.39 is 0 Å². The highest BCUT2D eigenvalue weighted by Gasteiger charge is 2.06. The average molecular weight is 283 g/mol. The van der Waals surface area contributed by atoms with Gasteiger partial charge in [0.05, 0.1) is 0 Å². The Morgan fingerprint density at radius 1 is 1.21 bits per heavy atom. The van der Waals surface area contributed by atoms with Crippen molar-refractivity contribution in [1.82, 2.24) is 9.97 Å². The van der Waals surface area contributed by atoms with Crippen LogP contribution in [0.4, 0.5) is 4.39 Å². The summed E-state index contributed by atoms with van der Waals surface area (Å²) < 4.78 is 23.7. The van der Waals surface area contributed by atoms with E-state index in [1.807, 2.05) is 0 Å². The van der Waals surface area contributed by atoms with Gasteiger partial charge in [-0.25, -0.2) is 9.37 Å². The Balaban J connectivity index is 2.09. The minimum atomic E-state index is -0.320. The van der Waals surface area contributed by atoms with Crippen LogP contribution in [-0.2, 0) is 18.0 Å². The number of aromatic nitrogens is 2. The third-order valence-corrected chi connectivity index (χ3v) is 2.52. The van der Waals surface area contributed by atoms with Gasteiger partial charge in [0.1, 0.15) is 24.2 Å². The summed E-state index contributed by atoms with van der Waals surface area (Å²) in [7, 11) is 1.53. The standard InChI is InChI=1S/C13H12ClFN2O2/c1-18-8-12-16-11(14)6-13(17-12)19-7-9-4-2-3-5-10(9)15/h2-6H,7-8H2,1H3. The van der Waals surface area contributed by atoms with Crippen LogP contribution < -0.4 is 4.74 Å². The number of rotatable bonds is 5. The SMILES string of the molecule is COCc1nc(Cl)cc(OCc2ccccc2F)n1. The Labute approximate surface area is 115 Å². The lowest BCUT2D eigenvalue weighted by molar-refractivity contribution is 0.176. The van der Waals surface area contributed by atoms with Gasteiger partial charge in [-0.2, -0.15) is 4.98 Å². The minimum Gasteiger partial charge on any atom is -0.473 e. The van der Waals surface area contributed by atoms with Crippen LogP contribution in [-0.4, -0.2) is 17.1 Å². The van der Waals surface area contributed by atoms with E-state index in [1.54, 1.807) is 18.2 Å². The second kappa shape index (κ2) is 6.45. The topological polar surface area (TPSA) is 44.2 Å². The molecule has 2 aromatic rings. The Kier molecular flexibility index (Phi) is 4.65. The van der Waals surface area contributed by atoms with Gasteiger partial charge in [-0.15, -0.1) is 0 Å². The minimum absolute atomic E-state index is 0.0758. The van der Waals surface area contributed by atoms with Crippen LogP contribution in [0.25, 0.3) is 0 Å². The summed E-state index contributed by atoms with van der Waals surface area (Å²) in [6.07, 6.45) is 0. The first-order chi connectivity index (χ1) is 9.19. The maximum atomic E-state index is 13.4. The van der Waals surface area contributed by atoms with Gasteiger partial charge in [0.2, 0.25) is 5.88 Å². The van der Waals surface area contributed by atoms with E-state index in [4.69, 9.17) is 21.1 Å². The molecule has 19 heavy (non-hydrogen) atoms. The Bertz CT molecular complexity index is 566. The summed E-state index contributed by atoms with van der Waals surface area (Å²) >= 11 is 5.84. The zero-order valence-corrected chi connectivity index (χ0v) is 11.0. The highest BCUT2D eigenvalue weighted by atomic mass is 35.5. The molecule has 6 heteroatoms. The highest BCUT2D eigenvalue weighted by Crippen LogP contribution is 2.16. The normalized spacial score (nSPS) is 10.5. The zero-order chi connectivity index (χ0) is 13.7. The molecule has 0 bridgehead atoms. The van der Waals surface area contributed by atoms with Crippen LogP contribution in [0.1, 0.15) is 11.4 Å². The number of hydrogen-bond acceptors (Lipinski definition) is 4. The van der Waals surface area contributed by atoms with E-state index >= 15 is 0 Å². The molecule has 0 spiro atoms. The highest BCUT2D eigenvalue weighted by molar-refractivity contribution is 6.29. The van der Waals surface area contributed by atoms with Gasteiger partial charge >= 0.3 is 0 Å². The fourth-order valence-electron chi connectivity index (χ4n) is 1.48. The summed E-state index contributed by atoms with van der Waals surface area (Å²) in [6.45, 7) is 0.309. The first-order valence-corrected chi connectivity index (χ1v) is 5.95. The molecule has 1 aromatic heterocycles. The zero-order valence-electron chi connectivity index (χ0n) is 10.3. The van der Waals surface area contributed by atoms with E-state index in [9.17, 15) is 4.39 Å². The maximum Gasteiger partial charge on any atom is 0.218 e. The Morgan fingerprint density at radius 2 is 2.00 bits per heavy atom. The van der Waals surface area contributed by atoms with Crippen LogP contribution in [0.15, 0.2) is 30.3 Å². The monoisotopic (exact) mass is 282 g/mol. The average Bonchev–Trinajstić information content (AvgIpc) is 2.37. The molecule has 0 radical (unpaired) electrons. The number of benzene rings is 1. The molecule has 0 saturated heterocycles. The van der Waals surface area contributed by atoms with Crippen molar-refractivity contribution in [3.8, 4) is 5.88 Å². The van der Waals surface area contributed by atoms with E-state index in [0.29, 0.717) is 11.4 Å². The quantitative estimate of drug-likeness (QED) is 0.791. The molecule has 0 N–H and O–H groups in total. The van der Waals surface area contributed by atoms with Gasteiger partial charge in [0.25, 0.3) is 0 Å².